The van der Waals surface area contributed by atoms with Gasteiger partial charge in [-0.3, -0.25) is 0 Å². The van der Waals surface area contributed by atoms with Crippen LogP contribution in [0.2, 0.25) is 18.1 Å². The molecule has 2 aliphatic rings. The minimum Gasteiger partial charge on any atom is -0.497 e. The molecule has 44 heavy (non-hydrogen) atoms. The van der Waals surface area contributed by atoms with Gasteiger partial charge in [0.1, 0.15) is 29.6 Å². The number of hydrogen-bond acceptors (Lipinski definition) is 7. The molecule has 0 amide bonds. The van der Waals surface area contributed by atoms with Gasteiger partial charge < -0.3 is 28.5 Å². The summed E-state index contributed by atoms with van der Waals surface area (Å²) in [5.41, 5.74) is 4.24. The van der Waals surface area contributed by atoms with E-state index in [-0.39, 0.29) is 29.2 Å². The van der Waals surface area contributed by atoms with Crippen molar-refractivity contribution >= 4 is 25.2 Å². The zero-order valence-corrected chi connectivity index (χ0v) is 28.3. The summed E-state index contributed by atoms with van der Waals surface area (Å²) in [6, 6.07) is 18.6. The van der Waals surface area contributed by atoms with Crippen LogP contribution in [0.15, 0.2) is 67.1 Å². The van der Waals surface area contributed by atoms with Gasteiger partial charge >= 0.3 is 0 Å². The van der Waals surface area contributed by atoms with Gasteiger partial charge in [-0.25, -0.2) is 9.97 Å². The van der Waals surface area contributed by atoms with E-state index >= 15 is 0 Å². The van der Waals surface area contributed by atoms with Gasteiger partial charge in [-0.1, -0.05) is 63.2 Å². The normalized spacial score (nSPS) is 23.2. The van der Waals surface area contributed by atoms with Crippen LogP contribution >= 0.6 is 0 Å². The molecule has 4 atom stereocenters. The van der Waals surface area contributed by atoms with E-state index in [1.54, 1.807) is 13.4 Å². The molecule has 0 bridgehead atoms. The molecule has 2 aromatic heterocycles. The highest BCUT2D eigenvalue weighted by molar-refractivity contribution is 6.74. The molecule has 4 aromatic rings. The van der Waals surface area contributed by atoms with Crippen LogP contribution in [0.25, 0.3) is 22.2 Å². The quantitative estimate of drug-likeness (QED) is 0.193. The van der Waals surface area contributed by atoms with Crippen LogP contribution in [0.4, 0.5) is 5.82 Å². The van der Waals surface area contributed by atoms with E-state index in [4.69, 9.17) is 28.6 Å². The molecule has 0 spiro atoms. The van der Waals surface area contributed by atoms with E-state index in [9.17, 15) is 0 Å². The number of nitrogens with one attached hydrogen (secondary N) is 1. The Labute approximate surface area is 262 Å². The van der Waals surface area contributed by atoms with Gasteiger partial charge in [-0.05, 0) is 61.7 Å². The van der Waals surface area contributed by atoms with Crippen molar-refractivity contribution < 1.29 is 18.6 Å². The van der Waals surface area contributed by atoms with Crippen LogP contribution in [0.5, 0.6) is 5.75 Å². The van der Waals surface area contributed by atoms with Crippen molar-refractivity contribution in [1.82, 2.24) is 14.5 Å². The second-order valence-corrected chi connectivity index (χ2v) is 18.9. The first-order valence-corrected chi connectivity index (χ1v) is 18.5. The van der Waals surface area contributed by atoms with Gasteiger partial charge in [0.25, 0.3) is 0 Å². The third-order valence-corrected chi connectivity index (χ3v) is 14.2. The number of rotatable bonds is 9. The van der Waals surface area contributed by atoms with E-state index in [1.165, 1.54) is 0 Å². The summed E-state index contributed by atoms with van der Waals surface area (Å²) < 4.78 is 27.6. The number of anilines is 1. The number of benzene rings is 2. The molecule has 234 valence electrons. The molecule has 3 heterocycles. The van der Waals surface area contributed by atoms with E-state index in [0.717, 1.165) is 45.7 Å². The monoisotopic (exact) mass is 614 g/mol. The SMILES string of the molecule is COc1ccc(CNc2ncnc3c2c(-c2ccccc2)cn3[C@@H]2C[C@H](CO[Si](C)(C)C(C)(C)C)[C@H]3OC(C)(C)O[C@H]32)cc1. The second-order valence-electron chi connectivity index (χ2n) is 14.1. The standard InChI is InChI=1S/C35H46N4O4Si/c1-34(2,3)44(7,8)41-21-25-18-28(31-30(25)42-35(4,5)43-31)39-20-27(24-12-10-9-11-13-24)29-32(37-22-38-33(29)39)36-19-23-14-16-26(40-6)17-15-23/h9-17,20,22,25,28,30-31H,18-19,21H2,1-8H3,(H,36,37,38)/t25-,28-,30-,31+/m1/s1. The summed E-state index contributed by atoms with van der Waals surface area (Å²) in [5, 5.41) is 4.74. The fourth-order valence-electron chi connectivity index (χ4n) is 6.26. The maximum absolute atomic E-state index is 6.76. The van der Waals surface area contributed by atoms with Crippen LogP contribution < -0.4 is 10.1 Å². The molecule has 1 saturated carbocycles. The predicted molar refractivity (Wildman–Crippen MR) is 177 cm³/mol. The lowest BCUT2D eigenvalue weighted by Crippen LogP contribution is -2.43. The van der Waals surface area contributed by atoms with Gasteiger partial charge in [0.05, 0.1) is 24.6 Å². The minimum atomic E-state index is -1.93. The molecule has 8 nitrogen and oxygen atoms in total. The van der Waals surface area contributed by atoms with E-state index in [0.29, 0.717) is 13.2 Å². The Bertz CT molecular complexity index is 1600. The molecule has 6 rings (SSSR count). The van der Waals surface area contributed by atoms with Crippen molar-refractivity contribution in [3.63, 3.8) is 0 Å². The number of hydrogen-bond donors (Lipinski definition) is 1. The summed E-state index contributed by atoms with van der Waals surface area (Å²) >= 11 is 0. The number of ether oxygens (including phenoxy) is 3. The van der Waals surface area contributed by atoms with E-state index in [2.05, 4.69) is 86.3 Å². The van der Waals surface area contributed by atoms with Crippen molar-refractivity contribution in [2.45, 2.75) is 89.8 Å². The third kappa shape index (κ3) is 5.90. The first-order chi connectivity index (χ1) is 20.9. The lowest BCUT2D eigenvalue weighted by atomic mass is 10.1. The van der Waals surface area contributed by atoms with Crippen molar-refractivity contribution in [2.75, 3.05) is 19.0 Å². The van der Waals surface area contributed by atoms with Gasteiger partial charge in [0.15, 0.2) is 14.1 Å². The molecule has 1 N–H and O–H groups in total. The summed E-state index contributed by atoms with van der Waals surface area (Å²) in [6.45, 7) is 16.8. The third-order valence-electron chi connectivity index (χ3n) is 9.69. The molecule has 1 aliphatic carbocycles. The maximum atomic E-state index is 6.76. The molecular formula is C35H46N4O4Si. The molecule has 1 saturated heterocycles. The Morgan fingerprint density at radius 3 is 2.39 bits per heavy atom. The van der Waals surface area contributed by atoms with Crippen molar-refractivity contribution in [2.24, 2.45) is 5.92 Å². The molecule has 9 heteroatoms. The summed E-state index contributed by atoms with van der Waals surface area (Å²) in [4.78, 5) is 9.61. The number of aromatic nitrogens is 3. The van der Waals surface area contributed by atoms with Gasteiger partial charge in [-0.15, -0.1) is 0 Å². The largest absolute Gasteiger partial charge is 0.497 e. The fraction of sp³-hybridized carbons (Fsp3) is 0.486. The maximum Gasteiger partial charge on any atom is 0.191 e. The lowest BCUT2D eigenvalue weighted by Gasteiger charge is -2.37. The van der Waals surface area contributed by atoms with Crippen LogP contribution in [-0.4, -0.2) is 54.6 Å². The first kappa shape index (κ1) is 30.8. The smallest absolute Gasteiger partial charge is 0.191 e. The average molecular weight is 615 g/mol. The summed E-state index contributed by atoms with van der Waals surface area (Å²) in [5.74, 6) is 1.20. The number of nitrogens with zero attached hydrogens (tertiary/aromatic N) is 3. The summed E-state index contributed by atoms with van der Waals surface area (Å²) in [7, 11) is -0.245. The average Bonchev–Trinajstić information content (AvgIpc) is 3.63. The van der Waals surface area contributed by atoms with Crippen LogP contribution in [0.3, 0.4) is 0 Å². The van der Waals surface area contributed by atoms with Gasteiger partial charge in [0.2, 0.25) is 0 Å². The first-order valence-electron chi connectivity index (χ1n) is 15.6. The Hall–Kier alpha value is -3.24. The second kappa shape index (κ2) is 11.6. The van der Waals surface area contributed by atoms with Gasteiger partial charge in [-0.2, -0.15) is 0 Å². The molecule has 2 fully saturated rings. The lowest BCUT2D eigenvalue weighted by molar-refractivity contribution is -0.161. The highest BCUT2D eigenvalue weighted by Crippen LogP contribution is 2.50. The van der Waals surface area contributed by atoms with E-state index in [1.807, 2.05) is 32.0 Å². The Morgan fingerprint density at radius 1 is 1.00 bits per heavy atom. The molecule has 2 aromatic carbocycles. The molecule has 0 unspecified atom stereocenters. The highest BCUT2D eigenvalue weighted by atomic mass is 28.4. The fourth-order valence-corrected chi connectivity index (χ4v) is 7.33. The zero-order chi connectivity index (χ0) is 31.3. The topological polar surface area (TPSA) is 79.7 Å². The Balaban J connectivity index is 1.37. The minimum absolute atomic E-state index is 0.0408. The van der Waals surface area contributed by atoms with Crippen LogP contribution in [0.1, 0.15) is 52.6 Å². The Kier molecular flexibility index (Phi) is 8.11. The van der Waals surface area contributed by atoms with Crippen LogP contribution in [-0.2, 0) is 20.4 Å². The van der Waals surface area contributed by atoms with Crippen molar-refractivity contribution in [3.8, 4) is 16.9 Å². The Morgan fingerprint density at radius 2 is 1.70 bits per heavy atom. The van der Waals surface area contributed by atoms with Crippen LogP contribution in [0, 0.1) is 5.92 Å². The molecular weight excluding hydrogens is 568 g/mol. The van der Waals surface area contributed by atoms with Crippen molar-refractivity contribution in [3.05, 3.63) is 72.7 Å². The van der Waals surface area contributed by atoms with E-state index < -0.39 is 14.1 Å². The van der Waals surface area contributed by atoms with Crippen molar-refractivity contribution in [1.29, 1.82) is 0 Å². The number of methoxy groups -OCH3 is 1. The predicted octanol–water partition coefficient (Wildman–Crippen LogP) is 7.82. The van der Waals surface area contributed by atoms with Gasteiger partial charge in [0, 0.05) is 30.8 Å². The number of fused-ring (bicyclic) bond motifs is 2. The zero-order valence-electron chi connectivity index (χ0n) is 27.3. The molecule has 1 aliphatic heterocycles. The highest BCUT2D eigenvalue weighted by Gasteiger charge is 2.55. The molecule has 0 radical (unpaired) electrons. The summed E-state index contributed by atoms with van der Waals surface area (Å²) in [6.07, 6.45) is 4.62.